The van der Waals surface area contributed by atoms with E-state index in [1.54, 1.807) is 0 Å². The van der Waals surface area contributed by atoms with E-state index in [1.165, 1.54) is 58.0 Å². The van der Waals surface area contributed by atoms with Crippen molar-refractivity contribution in [1.29, 1.82) is 0 Å². The van der Waals surface area contributed by atoms with Crippen LogP contribution in [0.1, 0.15) is 62.5 Å². The SMILES string of the molecule is CNCc1cc(NC)nc(C2CCCN2CC2CCCCC2)n1. The lowest BCUT2D eigenvalue weighted by atomic mass is 9.89. The van der Waals surface area contributed by atoms with Crippen LogP contribution < -0.4 is 10.6 Å². The van der Waals surface area contributed by atoms with Gasteiger partial charge in [-0.1, -0.05) is 19.3 Å². The Kier molecular flexibility index (Phi) is 5.84. The van der Waals surface area contributed by atoms with Crippen molar-refractivity contribution < 1.29 is 0 Å². The molecule has 2 heterocycles. The fourth-order valence-electron chi connectivity index (χ4n) is 4.11. The van der Waals surface area contributed by atoms with E-state index >= 15 is 0 Å². The Balaban J connectivity index is 1.74. The molecule has 0 bridgehead atoms. The smallest absolute Gasteiger partial charge is 0.148 e. The van der Waals surface area contributed by atoms with Gasteiger partial charge in [-0.3, -0.25) is 4.90 Å². The summed E-state index contributed by atoms with van der Waals surface area (Å²) in [6.07, 6.45) is 9.55. The van der Waals surface area contributed by atoms with E-state index < -0.39 is 0 Å². The number of aromatic nitrogens is 2. The number of nitrogens with zero attached hydrogens (tertiary/aromatic N) is 3. The molecule has 5 nitrogen and oxygen atoms in total. The molecule has 1 saturated heterocycles. The van der Waals surface area contributed by atoms with Gasteiger partial charge in [0.1, 0.15) is 11.6 Å². The summed E-state index contributed by atoms with van der Waals surface area (Å²) in [5.74, 6) is 2.83. The van der Waals surface area contributed by atoms with Crippen LogP contribution in [0, 0.1) is 5.92 Å². The van der Waals surface area contributed by atoms with Gasteiger partial charge in [-0.2, -0.15) is 0 Å². The highest BCUT2D eigenvalue weighted by Crippen LogP contribution is 2.34. The van der Waals surface area contributed by atoms with Gasteiger partial charge in [0, 0.05) is 26.2 Å². The molecule has 1 atom stereocenters. The second-order valence-corrected chi connectivity index (χ2v) is 7.04. The van der Waals surface area contributed by atoms with E-state index in [0.717, 1.165) is 29.8 Å². The first-order chi connectivity index (χ1) is 11.3. The molecule has 3 rings (SSSR count). The number of hydrogen-bond donors (Lipinski definition) is 2. The summed E-state index contributed by atoms with van der Waals surface area (Å²) in [6.45, 7) is 3.23. The number of hydrogen-bond acceptors (Lipinski definition) is 5. The minimum absolute atomic E-state index is 0.404. The fraction of sp³-hybridized carbons (Fsp3) is 0.778. The van der Waals surface area contributed by atoms with E-state index in [0.29, 0.717) is 6.04 Å². The predicted molar refractivity (Wildman–Crippen MR) is 94.5 cm³/mol. The maximum Gasteiger partial charge on any atom is 0.148 e. The molecule has 128 valence electrons. The average Bonchev–Trinajstić information content (AvgIpc) is 3.04. The van der Waals surface area contributed by atoms with Crippen molar-refractivity contribution in [3.8, 4) is 0 Å². The van der Waals surface area contributed by atoms with Gasteiger partial charge in [-0.25, -0.2) is 9.97 Å². The van der Waals surface area contributed by atoms with Gasteiger partial charge in [0.25, 0.3) is 0 Å². The molecule has 1 aliphatic carbocycles. The fourth-order valence-corrected chi connectivity index (χ4v) is 4.11. The van der Waals surface area contributed by atoms with Crippen LogP contribution in [0.25, 0.3) is 0 Å². The first-order valence-corrected chi connectivity index (χ1v) is 9.24. The van der Waals surface area contributed by atoms with E-state index in [1.807, 2.05) is 20.2 Å². The third-order valence-corrected chi connectivity index (χ3v) is 5.29. The largest absolute Gasteiger partial charge is 0.373 e. The third-order valence-electron chi connectivity index (χ3n) is 5.29. The monoisotopic (exact) mass is 317 g/mol. The summed E-state index contributed by atoms with van der Waals surface area (Å²) >= 11 is 0. The van der Waals surface area contributed by atoms with Gasteiger partial charge in [-0.05, 0) is 45.2 Å². The summed E-state index contributed by atoms with van der Waals surface area (Å²) in [4.78, 5) is 12.3. The Morgan fingerprint density at radius 2 is 1.91 bits per heavy atom. The van der Waals surface area contributed by atoms with Crippen LogP contribution in [0.3, 0.4) is 0 Å². The zero-order chi connectivity index (χ0) is 16.1. The minimum Gasteiger partial charge on any atom is -0.373 e. The Bertz CT molecular complexity index is 498. The van der Waals surface area contributed by atoms with Crippen molar-refractivity contribution in [2.75, 3.05) is 32.5 Å². The minimum atomic E-state index is 0.404. The third kappa shape index (κ3) is 4.21. The van der Waals surface area contributed by atoms with E-state index in [2.05, 4.69) is 15.5 Å². The Labute approximate surface area is 140 Å². The second-order valence-electron chi connectivity index (χ2n) is 7.04. The zero-order valence-corrected chi connectivity index (χ0v) is 14.6. The van der Waals surface area contributed by atoms with Gasteiger partial charge in [0.15, 0.2) is 0 Å². The topological polar surface area (TPSA) is 53.1 Å². The van der Waals surface area contributed by atoms with Crippen LogP contribution in [0.15, 0.2) is 6.07 Å². The number of rotatable bonds is 6. The molecular formula is C18H31N5. The lowest BCUT2D eigenvalue weighted by Gasteiger charge is -2.30. The van der Waals surface area contributed by atoms with Crippen LogP contribution in [-0.4, -0.2) is 42.1 Å². The standard InChI is InChI=1S/C18H31N5/c1-19-12-15-11-17(20-2)22-18(21-15)16-9-6-10-23(16)13-14-7-4-3-5-8-14/h11,14,16,19H,3-10,12-13H2,1-2H3,(H,20,21,22). The Hall–Kier alpha value is -1.20. The summed E-state index contributed by atoms with van der Waals surface area (Å²) in [6, 6.07) is 2.45. The predicted octanol–water partition coefficient (Wildman–Crippen LogP) is 2.95. The summed E-state index contributed by atoms with van der Waals surface area (Å²) in [5.41, 5.74) is 1.08. The quantitative estimate of drug-likeness (QED) is 0.845. The maximum absolute atomic E-state index is 4.84. The molecule has 0 spiro atoms. The maximum atomic E-state index is 4.84. The molecule has 5 heteroatoms. The zero-order valence-electron chi connectivity index (χ0n) is 14.6. The van der Waals surface area contributed by atoms with Crippen molar-refractivity contribution in [2.45, 2.75) is 57.5 Å². The van der Waals surface area contributed by atoms with Crippen molar-refractivity contribution >= 4 is 5.82 Å². The van der Waals surface area contributed by atoms with Crippen LogP contribution in [-0.2, 0) is 6.54 Å². The van der Waals surface area contributed by atoms with Crippen LogP contribution in [0.5, 0.6) is 0 Å². The number of anilines is 1. The molecule has 1 aliphatic heterocycles. The lowest BCUT2D eigenvalue weighted by Crippen LogP contribution is -2.31. The van der Waals surface area contributed by atoms with Gasteiger partial charge in [-0.15, -0.1) is 0 Å². The first kappa shape index (κ1) is 16.7. The molecule has 1 unspecified atom stereocenters. The first-order valence-electron chi connectivity index (χ1n) is 9.24. The highest BCUT2D eigenvalue weighted by Gasteiger charge is 2.30. The normalized spacial score (nSPS) is 23.3. The van der Waals surface area contributed by atoms with Gasteiger partial charge in [0.2, 0.25) is 0 Å². The summed E-state index contributed by atoms with van der Waals surface area (Å²) in [7, 11) is 3.90. The van der Waals surface area contributed by atoms with Crippen molar-refractivity contribution in [3.05, 3.63) is 17.6 Å². The average molecular weight is 317 g/mol. The van der Waals surface area contributed by atoms with E-state index in [9.17, 15) is 0 Å². The van der Waals surface area contributed by atoms with Crippen LogP contribution in [0.4, 0.5) is 5.82 Å². The number of likely N-dealkylation sites (tertiary alicyclic amines) is 1. The van der Waals surface area contributed by atoms with Gasteiger partial charge < -0.3 is 10.6 Å². The second kappa shape index (κ2) is 8.06. The molecule has 0 aromatic carbocycles. The summed E-state index contributed by atoms with van der Waals surface area (Å²) in [5, 5.41) is 6.39. The molecule has 0 radical (unpaired) electrons. The molecule has 2 fully saturated rings. The molecule has 2 aliphatic rings. The number of nitrogens with one attached hydrogen (secondary N) is 2. The lowest BCUT2D eigenvalue weighted by molar-refractivity contribution is 0.183. The highest BCUT2D eigenvalue weighted by atomic mass is 15.2. The summed E-state index contributed by atoms with van der Waals surface area (Å²) < 4.78 is 0. The van der Waals surface area contributed by atoms with E-state index in [-0.39, 0.29) is 0 Å². The molecule has 1 aromatic heterocycles. The van der Waals surface area contributed by atoms with Gasteiger partial charge in [0.05, 0.1) is 11.7 Å². The van der Waals surface area contributed by atoms with Crippen molar-refractivity contribution in [3.63, 3.8) is 0 Å². The molecule has 2 N–H and O–H groups in total. The highest BCUT2D eigenvalue weighted by molar-refractivity contribution is 5.35. The van der Waals surface area contributed by atoms with Crippen molar-refractivity contribution in [1.82, 2.24) is 20.2 Å². The molecule has 0 amide bonds. The Morgan fingerprint density at radius 3 is 2.65 bits per heavy atom. The van der Waals surface area contributed by atoms with Crippen LogP contribution in [0.2, 0.25) is 0 Å². The molecule has 23 heavy (non-hydrogen) atoms. The van der Waals surface area contributed by atoms with Crippen molar-refractivity contribution in [2.24, 2.45) is 5.92 Å². The molecule has 1 aromatic rings. The molecule has 1 saturated carbocycles. The van der Waals surface area contributed by atoms with Gasteiger partial charge >= 0.3 is 0 Å². The van der Waals surface area contributed by atoms with Crippen LogP contribution >= 0.6 is 0 Å². The van der Waals surface area contributed by atoms with E-state index in [4.69, 9.17) is 9.97 Å². The molecular weight excluding hydrogens is 286 g/mol. The Morgan fingerprint density at radius 1 is 1.09 bits per heavy atom.